The van der Waals surface area contributed by atoms with Crippen LogP contribution in [0.1, 0.15) is 18.4 Å². The number of hydrogen-bond donors (Lipinski definition) is 2. The van der Waals surface area contributed by atoms with Crippen molar-refractivity contribution in [1.29, 1.82) is 0 Å². The summed E-state index contributed by atoms with van der Waals surface area (Å²) in [5.74, 6) is 0.802. The molecule has 18 heavy (non-hydrogen) atoms. The highest BCUT2D eigenvalue weighted by molar-refractivity contribution is 5.50. The summed E-state index contributed by atoms with van der Waals surface area (Å²) in [5.41, 5.74) is 0.834. The average molecular weight is 248 g/mol. The number of fused-ring (bicyclic) bond motifs is 2. The van der Waals surface area contributed by atoms with Crippen molar-refractivity contribution in [2.45, 2.75) is 19.3 Å². The molecule has 1 aliphatic heterocycles. The Morgan fingerprint density at radius 3 is 2.78 bits per heavy atom. The molecular weight excluding hydrogens is 235 g/mol. The first kappa shape index (κ1) is 11.1. The molecule has 0 spiro atoms. The highest BCUT2D eigenvalue weighted by atomic mass is 19.1. The van der Waals surface area contributed by atoms with E-state index < -0.39 is 0 Å². The number of rotatable bonds is 0. The van der Waals surface area contributed by atoms with Gasteiger partial charge in [0.1, 0.15) is 17.3 Å². The lowest BCUT2D eigenvalue weighted by molar-refractivity contribution is 0.328. The van der Waals surface area contributed by atoms with Crippen molar-refractivity contribution < 1.29 is 19.3 Å². The van der Waals surface area contributed by atoms with Crippen molar-refractivity contribution in [2.24, 2.45) is 5.92 Å². The van der Waals surface area contributed by atoms with E-state index in [2.05, 4.69) is 0 Å². The van der Waals surface area contributed by atoms with Gasteiger partial charge in [0.15, 0.2) is 11.5 Å². The fourth-order valence-electron chi connectivity index (χ4n) is 2.42. The number of hydrogen-bond acceptors (Lipinski definition) is 3. The molecule has 3 nitrogen and oxygen atoms in total. The topological polar surface area (TPSA) is 49.7 Å². The van der Waals surface area contributed by atoms with Crippen LogP contribution >= 0.6 is 0 Å². The number of phenols is 2. The van der Waals surface area contributed by atoms with E-state index in [-0.39, 0.29) is 23.2 Å². The summed E-state index contributed by atoms with van der Waals surface area (Å²) in [7, 11) is 0. The minimum absolute atomic E-state index is 0.0340. The van der Waals surface area contributed by atoms with Crippen LogP contribution in [0.4, 0.5) is 4.39 Å². The van der Waals surface area contributed by atoms with Crippen molar-refractivity contribution in [3.8, 4) is 17.2 Å². The van der Waals surface area contributed by atoms with Gasteiger partial charge in [-0.2, -0.15) is 0 Å². The lowest BCUT2D eigenvalue weighted by atomic mass is 9.92. The van der Waals surface area contributed by atoms with Gasteiger partial charge in [0.05, 0.1) is 0 Å². The monoisotopic (exact) mass is 248 g/mol. The van der Waals surface area contributed by atoms with Crippen molar-refractivity contribution in [2.75, 3.05) is 0 Å². The van der Waals surface area contributed by atoms with Crippen LogP contribution in [0, 0.1) is 5.92 Å². The van der Waals surface area contributed by atoms with E-state index >= 15 is 0 Å². The zero-order valence-corrected chi connectivity index (χ0v) is 9.69. The number of benzene rings is 1. The third kappa shape index (κ3) is 1.83. The first-order valence-electron chi connectivity index (χ1n) is 5.92. The van der Waals surface area contributed by atoms with Gasteiger partial charge in [0, 0.05) is 18.4 Å². The first-order valence-corrected chi connectivity index (χ1v) is 5.92. The van der Waals surface area contributed by atoms with Gasteiger partial charge >= 0.3 is 0 Å². The zero-order valence-electron chi connectivity index (χ0n) is 9.69. The quantitative estimate of drug-likeness (QED) is 0.693. The third-order valence-electron chi connectivity index (χ3n) is 3.42. The van der Waals surface area contributed by atoms with Crippen LogP contribution in [0.5, 0.6) is 17.2 Å². The second kappa shape index (κ2) is 4.05. The summed E-state index contributed by atoms with van der Waals surface area (Å²) in [5, 5.41) is 19.0. The largest absolute Gasteiger partial charge is 0.504 e. The summed E-state index contributed by atoms with van der Waals surface area (Å²) in [6, 6.07) is 2.91. The number of aryl methyl sites for hydroxylation is 1. The highest BCUT2D eigenvalue weighted by Crippen LogP contribution is 2.41. The molecule has 0 saturated carbocycles. The average Bonchev–Trinajstić information content (AvgIpc) is 2.50. The van der Waals surface area contributed by atoms with Gasteiger partial charge in [-0.15, -0.1) is 0 Å². The number of allylic oxidation sites excluding steroid dienone is 4. The molecule has 1 aromatic rings. The fourth-order valence-corrected chi connectivity index (χ4v) is 2.42. The maximum absolute atomic E-state index is 13.2. The van der Waals surface area contributed by atoms with E-state index in [1.807, 2.05) is 0 Å². The van der Waals surface area contributed by atoms with E-state index in [0.29, 0.717) is 18.6 Å². The maximum Gasteiger partial charge on any atom is 0.161 e. The highest BCUT2D eigenvalue weighted by Gasteiger charge is 2.26. The van der Waals surface area contributed by atoms with Crippen molar-refractivity contribution >= 4 is 0 Å². The minimum Gasteiger partial charge on any atom is -0.504 e. The van der Waals surface area contributed by atoms with Gasteiger partial charge in [0.25, 0.3) is 0 Å². The van der Waals surface area contributed by atoms with Gasteiger partial charge in [-0.3, -0.25) is 0 Å². The van der Waals surface area contributed by atoms with Gasteiger partial charge in [0.2, 0.25) is 0 Å². The Kier molecular flexibility index (Phi) is 2.51. The minimum atomic E-state index is -0.203. The second-order valence-corrected chi connectivity index (χ2v) is 4.67. The number of halogens is 1. The molecule has 0 amide bonds. The van der Waals surface area contributed by atoms with E-state index in [1.54, 1.807) is 6.08 Å². The molecule has 1 aromatic carbocycles. The van der Waals surface area contributed by atoms with Gasteiger partial charge in [-0.1, -0.05) is 0 Å². The summed E-state index contributed by atoms with van der Waals surface area (Å²) in [6.45, 7) is 0. The van der Waals surface area contributed by atoms with Crippen molar-refractivity contribution in [1.82, 2.24) is 0 Å². The van der Waals surface area contributed by atoms with Crippen LogP contribution in [0.25, 0.3) is 0 Å². The second-order valence-electron chi connectivity index (χ2n) is 4.67. The van der Waals surface area contributed by atoms with Crippen LogP contribution < -0.4 is 4.74 Å². The van der Waals surface area contributed by atoms with Crippen molar-refractivity contribution in [3.63, 3.8) is 0 Å². The van der Waals surface area contributed by atoms with Crippen LogP contribution in [0.15, 0.2) is 35.9 Å². The Bertz CT molecular complexity index is 560. The molecule has 1 aliphatic carbocycles. The molecule has 0 fully saturated rings. The molecule has 0 aromatic heterocycles. The molecule has 0 radical (unpaired) electrons. The van der Waals surface area contributed by atoms with Crippen molar-refractivity contribution in [3.05, 3.63) is 41.4 Å². The smallest absolute Gasteiger partial charge is 0.161 e. The predicted octanol–water partition coefficient (Wildman–Crippen LogP) is 3.18. The number of aromatic hydroxyl groups is 2. The van der Waals surface area contributed by atoms with E-state index in [1.165, 1.54) is 18.2 Å². The SMILES string of the molecule is Oc1cc2c(cc1O)OC1=CC=C(F)CC1CC2. The van der Waals surface area contributed by atoms with E-state index in [4.69, 9.17) is 4.74 Å². The Hall–Kier alpha value is -1.97. The van der Waals surface area contributed by atoms with Crippen LogP contribution in [0.3, 0.4) is 0 Å². The Morgan fingerprint density at radius 1 is 1.17 bits per heavy atom. The number of phenolic OH excluding ortho intramolecular Hbond substituents is 2. The Labute approximate surface area is 104 Å². The maximum atomic E-state index is 13.2. The summed E-state index contributed by atoms with van der Waals surface area (Å²) in [6.07, 6.45) is 4.88. The fraction of sp³-hybridized carbons (Fsp3) is 0.286. The molecule has 1 unspecified atom stereocenters. The standard InChI is InChI=1S/C14H13FO3/c15-10-3-4-13-8(5-10)1-2-9-6-11(16)12(17)7-14(9)18-13/h3-4,6-8,16-17H,1-2,5H2. The molecule has 2 aliphatic rings. The van der Waals surface area contributed by atoms with Crippen LogP contribution in [0.2, 0.25) is 0 Å². The molecule has 2 N–H and O–H groups in total. The molecule has 94 valence electrons. The Balaban J connectivity index is 2.00. The molecule has 3 rings (SSSR count). The van der Waals surface area contributed by atoms with Gasteiger partial charge in [-0.25, -0.2) is 4.39 Å². The normalized spacial score (nSPS) is 21.9. The molecule has 1 heterocycles. The Morgan fingerprint density at radius 2 is 1.94 bits per heavy atom. The predicted molar refractivity (Wildman–Crippen MR) is 64.1 cm³/mol. The van der Waals surface area contributed by atoms with Crippen LogP contribution in [-0.2, 0) is 6.42 Å². The van der Waals surface area contributed by atoms with Gasteiger partial charge < -0.3 is 14.9 Å². The molecule has 1 atom stereocenters. The molecule has 0 saturated heterocycles. The zero-order chi connectivity index (χ0) is 12.7. The number of ether oxygens (including phenoxy) is 1. The van der Waals surface area contributed by atoms with E-state index in [0.717, 1.165) is 17.7 Å². The molecule has 0 bridgehead atoms. The summed E-state index contributed by atoms with van der Waals surface area (Å²) >= 11 is 0. The summed E-state index contributed by atoms with van der Waals surface area (Å²) in [4.78, 5) is 0. The van der Waals surface area contributed by atoms with Crippen LogP contribution in [-0.4, -0.2) is 10.2 Å². The third-order valence-corrected chi connectivity index (χ3v) is 3.42. The first-order chi connectivity index (χ1) is 8.63. The summed E-state index contributed by atoms with van der Waals surface area (Å²) < 4.78 is 18.9. The lowest BCUT2D eigenvalue weighted by Gasteiger charge is -2.19. The lowest BCUT2D eigenvalue weighted by Crippen LogP contribution is -2.11. The van der Waals surface area contributed by atoms with Gasteiger partial charge in [-0.05, 0) is 36.6 Å². The molecular formula is C14H13FO3. The van der Waals surface area contributed by atoms with E-state index in [9.17, 15) is 14.6 Å². The molecule has 4 heteroatoms.